The number of rotatable bonds is 5. The first kappa shape index (κ1) is 15.8. The quantitative estimate of drug-likeness (QED) is 0.749. The van der Waals surface area contributed by atoms with Crippen molar-refractivity contribution >= 4 is 20.9 Å². The van der Waals surface area contributed by atoms with Crippen LogP contribution in [-0.4, -0.2) is 42.4 Å². The third-order valence-corrected chi connectivity index (χ3v) is 4.52. The predicted molar refractivity (Wildman–Crippen MR) is 79.4 cm³/mol. The molecule has 2 rings (SSSR count). The van der Waals surface area contributed by atoms with Gasteiger partial charge >= 0.3 is 0 Å². The zero-order valence-corrected chi connectivity index (χ0v) is 12.7. The molecule has 1 unspecified atom stereocenters. The van der Waals surface area contributed by atoms with Crippen molar-refractivity contribution in [2.75, 3.05) is 13.2 Å². The molecule has 0 bridgehead atoms. The largest absolute Gasteiger partial charge is 0.393 e. The van der Waals surface area contributed by atoms with Crippen molar-refractivity contribution in [3.8, 4) is 0 Å². The van der Waals surface area contributed by atoms with Gasteiger partial charge in [0.1, 0.15) is 4.90 Å². The highest BCUT2D eigenvalue weighted by atomic mass is 32.2. The fourth-order valence-electron chi connectivity index (χ4n) is 1.84. The third-order valence-electron chi connectivity index (χ3n) is 3.08. The SMILES string of the molecule is Cc1cnc2c(S(=O)(=O)NCC(C)(O)CO)cccc2c1. The summed E-state index contributed by atoms with van der Waals surface area (Å²) in [7, 11) is -3.83. The van der Waals surface area contributed by atoms with Gasteiger partial charge in [-0.15, -0.1) is 0 Å². The van der Waals surface area contributed by atoms with Crippen LogP contribution in [0.1, 0.15) is 12.5 Å². The van der Waals surface area contributed by atoms with Gasteiger partial charge in [0.15, 0.2) is 0 Å². The average molecular weight is 310 g/mol. The van der Waals surface area contributed by atoms with Gasteiger partial charge in [-0.1, -0.05) is 12.1 Å². The van der Waals surface area contributed by atoms with Crippen LogP contribution in [0.5, 0.6) is 0 Å². The molecule has 3 N–H and O–H groups in total. The van der Waals surface area contributed by atoms with Crippen molar-refractivity contribution in [1.29, 1.82) is 0 Å². The molecule has 6 nitrogen and oxygen atoms in total. The minimum absolute atomic E-state index is 0.0498. The van der Waals surface area contributed by atoms with E-state index in [1.807, 2.05) is 13.0 Å². The molecule has 1 aromatic heterocycles. The van der Waals surface area contributed by atoms with E-state index >= 15 is 0 Å². The number of aromatic nitrogens is 1. The van der Waals surface area contributed by atoms with E-state index in [0.717, 1.165) is 10.9 Å². The van der Waals surface area contributed by atoms with Crippen molar-refractivity contribution in [2.45, 2.75) is 24.3 Å². The molecule has 0 radical (unpaired) electrons. The van der Waals surface area contributed by atoms with Gasteiger partial charge in [-0.25, -0.2) is 13.1 Å². The first-order chi connectivity index (χ1) is 9.75. The molecule has 0 aliphatic carbocycles. The number of nitrogens with zero attached hydrogens (tertiary/aromatic N) is 1. The molecule has 1 aromatic carbocycles. The Bertz CT molecular complexity index is 757. The molecule has 21 heavy (non-hydrogen) atoms. The Balaban J connectivity index is 2.41. The Morgan fingerprint density at radius 3 is 2.76 bits per heavy atom. The van der Waals surface area contributed by atoms with Crippen LogP contribution in [0, 0.1) is 6.92 Å². The number of pyridine rings is 1. The van der Waals surface area contributed by atoms with E-state index in [2.05, 4.69) is 9.71 Å². The topological polar surface area (TPSA) is 99.5 Å². The second kappa shape index (κ2) is 5.69. The summed E-state index contributed by atoms with van der Waals surface area (Å²) in [6, 6.07) is 6.74. The number of aliphatic hydroxyl groups excluding tert-OH is 1. The van der Waals surface area contributed by atoms with Crippen molar-refractivity contribution in [1.82, 2.24) is 9.71 Å². The number of benzene rings is 1. The number of fused-ring (bicyclic) bond motifs is 1. The van der Waals surface area contributed by atoms with Crippen LogP contribution in [-0.2, 0) is 10.0 Å². The molecule has 114 valence electrons. The highest BCUT2D eigenvalue weighted by Crippen LogP contribution is 2.21. The van der Waals surface area contributed by atoms with Crippen molar-refractivity contribution < 1.29 is 18.6 Å². The van der Waals surface area contributed by atoms with Crippen LogP contribution >= 0.6 is 0 Å². The van der Waals surface area contributed by atoms with E-state index in [1.54, 1.807) is 18.3 Å². The van der Waals surface area contributed by atoms with Crippen LogP contribution < -0.4 is 4.72 Å². The number of aryl methyl sites for hydroxylation is 1. The first-order valence-electron chi connectivity index (χ1n) is 6.43. The van der Waals surface area contributed by atoms with Gasteiger partial charge in [0.25, 0.3) is 0 Å². The molecule has 1 atom stereocenters. The molecule has 0 aliphatic rings. The van der Waals surface area contributed by atoms with Crippen LogP contribution in [0.2, 0.25) is 0 Å². The summed E-state index contributed by atoms with van der Waals surface area (Å²) in [6.45, 7) is 2.40. The number of sulfonamides is 1. The van der Waals surface area contributed by atoms with Gasteiger partial charge in [-0.05, 0) is 31.5 Å². The van der Waals surface area contributed by atoms with E-state index in [4.69, 9.17) is 5.11 Å². The average Bonchev–Trinajstić information content (AvgIpc) is 2.44. The molecule has 2 aromatic rings. The standard InChI is InChI=1S/C14H18N2O4S/c1-10-6-11-4-3-5-12(13(11)15-7-10)21(19,20)16-8-14(2,18)9-17/h3-7,16-18H,8-9H2,1-2H3. The van der Waals surface area contributed by atoms with E-state index < -0.39 is 22.2 Å². The summed E-state index contributed by atoms with van der Waals surface area (Å²) in [5, 5.41) is 19.4. The predicted octanol–water partition coefficient (Wildman–Crippen LogP) is 0.565. The van der Waals surface area contributed by atoms with E-state index in [1.165, 1.54) is 13.0 Å². The molecule has 0 aliphatic heterocycles. The van der Waals surface area contributed by atoms with Crippen LogP contribution in [0.4, 0.5) is 0 Å². The van der Waals surface area contributed by atoms with E-state index in [9.17, 15) is 13.5 Å². The summed E-state index contributed by atoms with van der Waals surface area (Å²) < 4.78 is 27.0. The first-order valence-corrected chi connectivity index (χ1v) is 7.92. The number of aliphatic hydroxyl groups is 2. The van der Waals surface area contributed by atoms with Gasteiger partial charge < -0.3 is 10.2 Å². The Kier molecular flexibility index (Phi) is 4.29. The lowest BCUT2D eigenvalue weighted by atomic mass is 10.1. The molecule has 1 heterocycles. The fourth-order valence-corrected chi connectivity index (χ4v) is 3.18. The van der Waals surface area contributed by atoms with Gasteiger partial charge in [-0.2, -0.15) is 0 Å². The summed E-state index contributed by atoms with van der Waals surface area (Å²) in [6.07, 6.45) is 1.60. The molecular formula is C14H18N2O4S. The lowest BCUT2D eigenvalue weighted by Gasteiger charge is -2.20. The Morgan fingerprint density at radius 1 is 1.38 bits per heavy atom. The maximum Gasteiger partial charge on any atom is 0.242 e. The number of nitrogens with one attached hydrogen (secondary N) is 1. The van der Waals surface area contributed by atoms with Gasteiger partial charge in [-0.3, -0.25) is 4.98 Å². The lowest BCUT2D eigenvalue weighted by molar-refractivity contribution is 0.00681. The molecule has 0 spiro atoms. The fraction of sp³-hybridized carbons (Fsp3) is 0.357. The second-order valence-electron chi connectivity index (χ2n) is 5.32. The molecule has 7 heteroatoms. The maximum atomic E-state index is 12.3. The van der Waals surface area contributed by atoms with E-state index in [-0.39, 0.29) is 11.4 Å². The van der Waals surface area contributed by atoms with Crippen molar-refractivity contribution in [3.63, 3.8) is 0 Å². The second-order valence-corrected chi connectivity index (χ2v) is 7.06. The zero-order valence-electron chi connectivity index (χ0n) is 11.9. The lowest BCUT2D eigenvalue weighted by Crippen LogP contribution is -2.43. The number of para-hydroxylation sites is 1. The van der Waals surface area contributed by atoms with Gasteiger partial charge in [0.2, 0.25) is 10.0 Å². The normalized spacial score (nSPS) is 15.0. The van der Waals surface area contributed by atoms with Gasteiger partial charge in [0, 0.05) is 18.1 Å². The molecule has 0 amide bonds. The Labute approximate surface area is 123 Å². The molecule has 0 saturated carbocycles. The maximum absolute atomic E-state index is 12.3. The molecule has 0 saturated heterocycles. The van der Waals surface area contributed by atoms with Crippen LogP contribution in [0.3, 0.4) is 0 Å². The Hall–Kier alpha value is -1.54. The van der Waals surface area contributed by atoms with E-state index in [0.29, 0.717) is 5.52 Å². The summed E-state index contributed by atoms with van der Waals surface area (Å²) in [5.74, 6) is 0. The summed E-state index contributed by atoms with van der Waals surface area (Å²) in [4.78, 5) is 4.23. The summed E-state index contributed by atoms with van der Waals surface area (Å²) >= 11 is 0. The minimum atomic E-state index is -3.83. The highest BCUT2D eigenvalue weighted by molar-refractivity contribution is 7.89. The smallest absolute Gasteiger partial charge is 0.242 e. The highest BCUT2D eigenvalue weighted by Gasteiger charge is 2.24. The molecule has 0 fully saturated rings. The minimum Gasteiger partial charge on any atom is -0.393 e. The zero-order chi connectivity index (χ0) is 15.7. The van der Waals surface area contributed by atoms with Crippen molar-refractivity contribution in [2.24, 2.45) is 0 Å². The van der Waals surface area contributed by atoms with Crippen LogP contribution in [0.25, 0.3) is 10.9 Å². The number of hydrogen-bond acceptors (Lipinski definition) is 5. The van der Waals surface area contributed by atoms with Gasteiger partial charge in [0.05, 0.1) is 17.7 Å². The Morgan fingerprint density at radius 2 is 2.10 bits per heavy atom. The number of hydrogen-bond donors (Lipinski definition) is 3. The molecular weight excluding hydrogens is 292 g/mol. The third kappa shape index (κ3) is 3.56. The monoisotopic (exact) mass is 310 g/mol. The summed E-state index contributed by atoms with van der Waals surface area (Å²) in [5.41, 5.74) is -0.200. The van der Waals surface area contributed by atoms with Crippen molar-refractivity contribution in [3.05, 3.63) is 36.0 Å². The van der Waals surface area contributed by atoms with Crippen LogP contribution in [0.15, 0.2) is 35.4 Å².